The molecule has 0 heterocycles. The Bertz CT molecular complexity index is 1280. The summed E-state index contributed by atoms with van der Waals surface area (Å²) in [4.78, 5) is 51.6. The molecule has 0 aromatic heterocycles. The van der Waals surface area contributed by atoms with Crippen LogP contribution >= 0.6 is 0 Å². The van der Waals surface area contributed by atoms with E-state index in [-0.39, 0.29) is 12.8 Å². The van der Waals surface area contributed by atoms with E-state index in [1.807, 2.05) is 12.1 Å². The molecule has 0 aliphatic heterocycles. The monoisotopic (exact) mass is 541 g/mol. The van der Waals surface area contributed by atoms with Crippen LogP contribution in [-0.2, 0) is 20.8 Å². The second-order valence-corrected chi connectivity index (χ2v) is 9.27. The van der Waals surface area contributed by atoms with Crippen molar-refractivity contribution in [1.29, 1.82) is 0 Å². The molecule has 0 fully saturated rings. The maximum atomic E-state index is 13.8. The van der Waals surface area contributed by atoms with Crippen LogP contribution in [0.2, 0.25) is 0 Å². The summed E-state index contributed by atoms with van der Waals surface area (Å²) in [6.07, 6.45) is 2.30. The van der Waals surface area contributed by atoms with Crippen molar-refractivity contribution in [3.8, 4) is 17.2 Å². The Morgan fingerprint density at radius 1 is 1.05 bits per heavy atom. The number of hydrogen-bond acceptors (Lipinski definition) is 8. The van der Waals surface area contributed by atoms with Gasteiger partial charge in [-0.05, 0) is 41.7 Å². The first-order valence-electron chi connectivity index (χ1n) is 12.3. The number of hydrogen-bond donors (Lipinski definition) is 7. The highest BCUT2D eigenvalue weighted by Crippen LogP contribution is 2.37. The summed E-state index contributed by atoms with van der Waals surface area (Å²) in [7, 11) is 0. The van der Waals surface area contributed by atoms with Crippen LogP contribution in [0, 0.1) is 0 Å². The lowest BCUT2D eigenvalue weighted by atomic mass is 9.85. The topological polar surface area (TPSA) is 211 Å². The Hall–Kier alpha value is -4.58. The number of carbonyl (C=O) groups excluding carboxylic acids is 2. The van der Waals surface area contributed by atoms with Gasteiger partial charge in [0.15, 0.2) is 17.2 Å². The van der Waals surface area contributed by atoms with Gasteiger partial charge in [-0.3, -0.25) is 14.4 Å². The number of benzene rings is 2. The van der Waals surface area contributed by atoms with Gasteiger partial charge in [0.1, 0.15) is 18.6 Å². The van der Waals surface area contributed by atoms with E-state index >= 15 is 0 Å². The number of carboxylic acids is 2. The standard InChI is InChI=1S/C27H31N3O9/c1-2-5-19(25(36)29-13-23(33)34)30(26(37)16-11-21(31)24(35)22(32)12-16)20(27(38)39)10-15-9-17(28)8-14-6-3-4-7-18(14)15/h3-4,6-7,9,11-12,17,19-20,31-32,35H,2,5,8,10,13,28H2,1H3,(H,29,36)(H,33,34)(H,38,39)/t17?,19?,20-/m0/s1. The molecule has 12 heteroatoms. The van der Waals surface area contributed by atoms with Crippen LogP contribution in [0.25, 0.3) is 5.57 Å². The van der Waals surface area contributed by atoms with Crippen LogP contribution in [0.3, 0.4) is 0 Å². The molecule has 0 spiro atoms. The van der Waals surface area contributed by atoms with E-state index in [0.29, 0.717) is 18.4 Å². The fourth-order valence-electron chi connectivity index (χ4n) is 4.69. The number of carboxylic acid groups (broad SMARTS) is 2. The van der Waals surface area contributed by atoms with Crippen LogP contribution in [0.5, 0.6) is 17.2 Å². The number of nitrogens with two attached hydrogens (primary N) is 1. The largest absolute Gasteiger partial charge is 0.504 e. The van der Waals surface area contributed by atoms with E-state index in [0.717, 1.165) is 28.2 Å². The number of fused-ring (bicyclic) bond motifs is 1. The molecule has 0 radical (unpaired) electrons. The molecule has 2 aromatic rings. The summed E-state index contributed by atoms with van der Waals surface area (Å²) in [6, 6.07) is 5.49. The maximum absolute atomic E-state index is 13.8. The van der Waals surface area contributed by atoms with Gasteiger partial charge in [0.25, 0.3) is 5.91 Å². The van der Waals surface area contributed by atoms with Gasteiger partial charge in [-0.25, -0.2) is 4.79 Å². The fourth-order valence-corrected chi connectivity index (χ4v) is 4.69. The Kier molecular flexibility index (Phi) is 9.15. The van der Waals surface area contributed by atoms with Crippen LogP contribution in [0.1, 0.15) is 47.7 Å². The third kappa shape index (κ3) is 6.65. The summed E-state index contributed by atoms with van der Waals surface area (Å²) in [5, 5.41) is 51.3. The first kappa shape index (κ1) is 29.0. The third-order valence-corrected chi connectivity index (χ3v) is 6.43. The number of carbonyl (C=O) groups is 4. The molecule has 0 saturated heterocycles. The van der Waals surface area contributed by atoms with Crippen LogP contribution in [0.4, 0.5) is 0 Å². The molecule has 39 heavy (non-hydrogen) atoms. The normalized spacial score (nSPS) is 15.8. The Morgan fingerprint density at radius 2 is 1.69 bits per heavy atom. The number of rotatable bonds is 11. The predicted molar refractivity (Wildman–Crippen MR) is 139 cm³/mol. The summed E-state index contributed by atoms with van der Waals surface area (Å²) in [6.45, 7) is 0.944. The number of aliphatic carboxylic acids is 2. The fraction of sp³-hybridized carbons (Fsp3) is 0.333. The summed E-state index contributed by atoms with van der Waals surface area (Å²) >= 11 is 0. The molecule has 12 nitrogen and oxygen atoms in total. The molecular formula is C27H31N3O9. The molecule has 1 aliphatic carbocycles. The van der Waals surface area contributed by atoms with Crippen molar-refractivity contribution in [3.05, 3.63) is 59.2 Å². The second kappa shape index (κ2) is 12.3. The number of nitrogens with zero attached hydrogens (tertiary/aromatic N) is 1. The van der Waals surface area contributed by atoms with E-state index in [9.17, 15) is 39.6 Å². The minimum absolute atomic E-state index is 0.0217. The first-order chi connectivity index (χ1) is 18.4. The number of amides is 2. The van der Waals surface area contributed by atoms with Crippen LogP contribution in [0.15, 0.2) is 42.5 Å². The Morgan fingerprint density at radius 3 is 2.28 bits per heavy atom. The third-order valence-electron chi connectivity index (χ3n) is 6.43. The summed E-state index contributed by atoms with van der Waals surface area (Å²) in [5.74, 6) is -7.25. The first-order valence-corrected chi connectivity index (χ1v) is 12.3. The minimum Gasteiger partial charge on any atom is -0.504 e. The molecule has 3 atom stereocenters. The zero-order valence-electron chi connectivity index (χ0n) is 21.2. The highest BCUT2D eigenvalue weighted by molar-refractivity contribution is 6.01. The van der Waals surface area contributed by atoms with E-state index in [2.05, 4.69) is 5.32 Å². The number of phenolic OH excluding ortho intramolecular Hbond substituents is 3. The number of phenols is 3. The molecular weight excluding hydrogens is 510 g/mol. The lowest BCUT2D eigenvalue weighted by Gasteiger charge is -2.36. The van der Waals surface area contributed by atoms with Gasteiger partial charge < -0.3 is 41.5 Å². The lowest BCUT2D eigenvalue weighted by molar-refractivity contribution is -0.145. The SMILES string of the molecule is CCCC(C(=O)NCC(=O)O)N(C(=O)c1cc(O)c(O)c(O)c1)[C@@H](CC1=CC(N)Cc2ccccc21)C(=O)O. The number of aromatic hydroxyl groups is 3. The predicted octanol–water partition coefficient (Wildman–Crippen LogP) is 1.43. The zero-order chi connectivity index (χ0) is 28.9. The summed E-state index contributed by atoms with van der Waals surface area (Å²) < 4.78 is 0. The average Bonchev–Trinajstić information content (AvgIpc) is 2.88. The van der Waals surface area contributed by atoms with Crippen molar-refractivity contribution >= 4 is 29.3 Å². The van der Waals surface area contributed by atoms with Crippen molar-refractivity contribution in [3.63, 3.8) is 0 Å². The van der Waals surface area contributed by atoms with Gasteiger partial charge >= 0.3 is 11.9 Å². The minimum atomic E-state index is -1.63. The molecule has 208 valence electrons. The highest BCUT2D eigenvalue weighted by atomic mass is 16.4. The van der Waals surface area contributed by atoms with Crippen molar-refractivity contribution < 1.29 is 44.7 Å². The second-order valence-electron chi connectivity index (χ2n) is 9.27. The summed E-state index contributed by atoms with van der Waals surface area (Å²) in [5.41, 5.74) is 7.98. The van der Waals surface area contributed by atoms with Crippen molar-refractivity contribution in [2.45, 2.75) is 50.7 Å². The van der Waals surface area contributed by atoms with Gasteiger partial charge in [0.2, 0.25) is 5.91 Å². The Labute approximate surface area is 224 Å². The zero-order valence-corrected chi connectivity index (χ0v) is 21.2. The van der Waals surface area contributed by atoms with Gasteiger partial charge in [-0.2, -0.15) is 0 Å². The Balaban J connectivity index is 2.14. The molecule has 1 aliphatic rings. The van der Waals surface area contributed by atoms with Gasteiger partial charge in [-0.15, -0.1) is 0 Å². The molecule has 3 rings (SSSR count). The van der Waals surface area contributed by atoms with E-state index in [4.69, 9.17) is 10.8 Å². The van der Waals surface area contributed by atoms with Gasteiger partial charge in [0.05, 0.1) is 0 Å². The van der Waals surface area contributed by atoms with E-state index in [1.165, 1.54) is 0 Å². The molecule has 2 amide bonds. The van der Waals surface area contributed by atoms with Crippen molar-refractivity contribution in [2.75, 3.05) is 6.54 Å². The van der Waals surface area contributed by atoms with Crippen LogP contribution in [-0.4, -0.2) is 78.9 Å². The molecule has 0 saturated carbocycles. The van der Waals surface area contributed by atoms with Crippen molar-refractivity contribution in [1.82, 2.24) is 10.2 Å². The van der Waals surface area contributed by atoms with Crippen LogP contribution < -0.4 is 11.1 Å². The molecule has 0 bridgehead atoms. The van der Waals surface area contributed by atoms with Gasteiger partial charge in [0, 0.05) is 18.0 Å². The van der Waals surface area contributed by atoms with E-state index < -0.39 is 71.2 Å². The lowest BCUT2D eigenvalue weighted by Crippen LogP contribution is -2.56. The smallest absolute Gasteiger partial charge is 0.326 e. The van der Waals surface area contributed by atoms with Gasteiger partial charge in [-0.1, -0.05) is 43.7 Å². The quantitative estimate of drug-likeness (QED) is 0.203. The highest BCUT2D eigenvalue weighted by Gasteiger charge is 2.40. The molecule has 2 unspecified atom stereocenters. The average molecular weight is 542 g/mol. The van der Waals surface area contributed by atoms with Crippen molar-refractivity contribution in [2.24, 2.45) is 5.73 Å². The van der Waals surface area contributed by atoms with E-state index in [1.54, 1.807) is 25.1 Å². The molecule has 2 aromatic carbocycles. The number of nitrogens with one attached hydrogen (secondary N) is 1. The maximum Gasteiger partial charge on any atom is 0.326 e. The molecule has 8 N–H and O–H groups in total.